The molecule has 5 nitrogen and oxygen atoms in total. The quantitative estimate of drug-likeness (QED) is 0.590. The van der Waals surface area contributed by atoms with Crippen molar-refractivity contribution in [1.29, 1.82) is 0 Å². The van der Waals surface area contributed by atoms with E-state index in [1.165, 1.54) is 21.9 Å². The van der Waals surface area contributed by atoms with E-state index in [0.717, 1.165) is 17.9 Å². The topological polar surface area (TPSA) is 57.7 Å². The van der Waals surface area contributed by atoms with Crippen LogP contribution in [0.3, 0.4) is 0 Å². The van der Waals surface area contributed by atoms with Crippen LogP contribution in [0.15, 0.2) is 67.3 Å². The molecule has 130 valence electrons. The molecule has 0 radical (unpaired) electrons. The smallest absolute Gasteiger partial charge is 0.115 e. The van der Waals surface area contributed by atoms with Crippen LogP contribution in [0.2, 0.25) is 0 Å². The first kappa shape index (κ1) is 16.4. The van der Waals surface area contributed by atoms with Gasteiger partial charge in [0.05, 0.1) is 17.6 Å². The van der Waals surface area contributed by atoms with Gasteiger partial charge in [0.2, 0.25) is 0 Å². The van der Waals surface area contributed by atoms with Gasteiger partial charge in [-0.2, -0.15) is 5.10 Å². The molecule has 0 fully saturated rings. The van der Waals surface area contributed by atoms with Gasteiger partial charge in [-0.25, -0.2) is 9.97 Å². The molecule has 4 rings (SSSR count). The fraction of sp³-hybridized carbons (Fsp3) is 0.190. The number of aromatic nitrogens is 4. The SMILES string of the molecule is C[C@@H](c1ccncn1)N(C)Cc1cn[nH]c1-c1cccc2ccccc12. The molecule has 2 aromatic heterocycles. The lowest BCUT2D eigenvalue weighted by Gasteiger charge is -2.24. The van der Waals surface area contributed by atoms with Crippen molar-refractivity contribution >= 4 is 10.8 Å². The van der Waals surface area contributed by atoms with Gasteiger partial charge in [-0.15, -0.1) is 0 Å². The van der Waals surface area contributed by atoms with Gasteiger partial charge in [0, 0.05) is 29.9 Å². The molecule has 0 saturated heterocycles. The number of hydrogen-bond donors (Lipinski definition) is 1. The number of H-pyrrole nitrogens is 1. The Morgan fingerprint density at radius 2 is 1.92 bits per heavy atom. The molecule has 0 unspecified atom stereocenters. The maximum Gasteiger partial charge on any atom is 0.115 e. The molecule has 1 atom stereocenters. The lowest BCUT2D eigenvalue weighted by Crippen LogP contribution is -2.22. The predicted molar refractivity (Wildman–Crippen MR) is 103 cm³/mol. The van der Waals surface area contributed by atoms with Crippen LogP contribution in [-0.4, -0.2) is 32.1 Å². The van der Waals surface area contributed by atoms with Crippen LogP contribution in [-0.2, 0) is 6.54 Å². The van der Waals surface area contributed by atoms with E-state index in [1.54, 1.807) is 12.5 Å². The Morgan fingerprint density at radius 1 is 1.08 bits per heavy atom. The number of benzene rings is 2. The first-order valence-corrected chi connectivity index (χ1v) is 8.70. The van der Waals surface area contributed by atoms with Gasteiger partial charge in [0.25, 0.3) is 0 Å². The molecule has 5 heteroatoms. The zero-order valence-corrected chi connectivity index (χ0v) is 14.9. The molecule has 0 spiro atoms. The standard InChI is InChI=1S/C21H21N5/c1-15(20-10-11-22-14-23-20)26(2)13-17-12-24-25-21(17)19-9-5-7-16-6-3-4-8-18(16)19/h3-12,14-15H,13H2,1-2H3,(H,24,25)/t15-/m0/s1. The zero-order chi connectivity index (χ0) is 17.9. The Kier molecular flexibility index (Phi) is 4.46. The van der Waals surface area contributed by atoms with E-state index >= 15 is 0 Å². The van der Waals surface area contributed by atoms with Gasteiger partial charge in [-0.05, 0) is 30.8 Å². The van der Waals surface area contributed by atoms with E-state index in [2.05, 4.69) is 81.5 Å². The van der Waals surface area contributed by atoms with E-state index in [4.69, 9.17) is 0 Å². The highest BCUT2D eigenvalue weighted by Gasteiger charge is 2.17. The van der Waals surface area contributed by atoms with Crippen LogP contribution in [0.4, 0.5) is 0 Å². The van der Waals surface area contributed by atoms with Crippen LogP contribution in [0.1, 0.15) is 24.2 Å². The van der Waals surface area contributed by atoms with Gasteiger partial charge >= 0.3 is 0 Å². The minimum Gasteiger partial charge on any atom is -0.294 e. The molecule has 0 aliphatic carbocycles. The summed E-state index contributed by atoms with van der Waals surface area (Å²) in [6, 6.07) is 17.0. The molecule has 1 N–H and O–H groups in total. The van der Waals surface area contributed by atoms with E-state index in [-0.39, 0.29) is 6.04 Å². The number of aromatic amines is 1. The predicted octanol–water partition coefficient (Wildman–Crippen LogP) is 4.21. The highest BCUT2D eigenvalue weighted by molar-refractivity contribution is 5.96. The normalized spacial score (nSPS) is 12.6. The van der Waals surface area contributed by atoms with Crippen molar-refractivity contribution < 1.29 is 0 Å². The average molecular weight is 343 g/mol. The van der Waals surface area contributed by atoms with Crippen LogP contribution in [0, 0.1) is 0 Å². The Morgan fingerprint density at radius 3 is 2.77 bits per heavy atom. The summed E-state index contributed by atoms with van der Waals surface area (Å²) in [7, 11) is 2.10. The van der Waals surface area contributed by atoms with Crippen molar-refractivity contribution in [2.45, 2.75) is 19.5 Å². The van der Waals surface area contributed by atoms with Gasteiger partial charge in [-0.3, -0.25) is 10.00 Å². The van der Waals surface area contributed by atoms with Crippen molar-refractivity contribution in [3.05, 3.63) is 78.5 Å². The molecular weight excluding hydrogens is 322 g/mol. The molecule has 4 aromatic rings. The first-order chi connectivity index (χ1) is 12.7. The van der Waals surface area contributed by atoms with Crippen molar-refractivity contribution in [3.8, 4) is 11.3 Å². The van der Waals surface area contributed by atoms with Crippen LogP contribution in [0.25, 0.3) is 22.0 Å². The number of rotatable bonds is 5. The largest absolute Gasteiger partial charge is 0.294 e. The van der Waals surface area contributed by atoms with Gasteiger partial charge in [-0.1, -0.05) is 42.5 Å². The maximum atomic E-state index is 4.37. The Labute approximate surface area is 152 Å². The highest BCUT2D eigenvalue weighted by Crippen LogP contribution is 2.30. The summed E-state index contributed by atoms with van der Waals surface area (Å²) in [4.78, 5) is 10.6. The highest BCUT2D eigenvalue weighted by atomic mass is 15.2. The lowest BCUT2D eigenvalue weighted by molar-refractivity contribution is 0.249. The summed E-state index contributed by atoms with van der Waals surface area (Å²) in [6.07, 6.45) is 5.30. The zero-order valence-electron chi connectivity index (χ0n) is 14.9. The van der Waals surface area contributed by atoms with Gasteiger partial charge < -0.3 is 0 Å². The Bertz CT molecular complexity index is 1000. The second kappa shape index (κ2) is 7.06. The maximum absolute atomic E-state index is 4.37. The number of fused-ring (bicyclic) bond motifs is 1. The molecule has 0 amide bonds. The molecule has 2 heterocycles. The third-order valence-electron chi connectivity index (χ3n) is 4.89. The Hall–Kier alpha value is -3.05. The monoisotopic (exact) mass is 343 g/mol. The summed E-state index contributed by atoms with van der Waals surface area (Å²) in [5, 5.41) is 9.97. The summed E-state index contributed by atoms with van der Waals surface area (Å²) >= 11 is 0. The van der Waals surface area contributed by atoms with E-state index in [0.29, 0.717) is 0 Å². The fourth-order valence-electron chi connectivity index (χ4n) is 3.29. The summed E-state index contributed by atoms with van der Waals surface area (Å²) in [5.74, 6) is 0. The molecule has 0 aliphatic heterocycles. The van der Waals surface area contributed by atoms with Crippen LogP contribution < -0.4 is 0 Å². The molecule has 0 bridgehead atoms. The Balaban J connectivity index is 1.65. The summed E-state index contributed by atoms with van der Waals surface area (Å²) in [6.45, 7) is 2.93. The van der Waals surface area contributed by atoms with Crippen LogP contribution >= 0.6 is 0 Å². The average Bonchev–Trinajstić information content (AvgIpc) is 3.15. The summed E-state index contributed by atoms with van der Waals surface area (Å²) in [5.41, 5.74) is 4.43. The second-order valence-electron chi connectivity index (χ2n) is 6.52. The van der Waals surface area contributed by atoms with E-state index < -0.39 is 0 Å². The molecule has 0 saturated carbocycles. The van der Waals surface area contributed by atoms with Crippen molar-refractivity contribution in [2.24, 2.45) is 0 Å². The van der Waals surface area contributed by atoms with Gasteiger partial charge in [0.15, 0.2) is 0 Å². The van der Waals surface area contributed by atoms with Crippen LogP contribution in [0.5, 0.6) is 0 Å². The van der Waals surface area contributed by atoms with Crippen molar-refractivity contribution in [3.63, 3.8) is 0 Å². The first-order valence-electron chi connectivity index (χ1n) is 8.70. The van der Waals surface area contributed by atoms with Crippen molar-refractivity contribution in [2.75, 3.05) is 7.05 Å². The third-order valence-corrected chi connectivity index (χ3v) is 4.89. The molecule has 0 aliphatic rings. The van der Waals surface area contributed by atoms with Crippen molar-refractivity contribution in [1.82, 2.24) is 25.1 Å². The molecule has 2 aromatic carbocycles. The fourth-order valence-corrected chi connectivity index (χ4v) is 3.29. The third kappa shape index (κ3) is 3.09. The number of hydrogen-bond acceptors (Lipinski definition) is 4. The van der Waals surface area contributed by atoms with E-state index in [9.17, 15) is 0 Å². The minimum atomic E-state index is 0.188. The lowest BCUT2D eigenvalue weighted by atomic mass is 10.00. The molecule has 26 heavy (non-hydrogen) atoms. The number of nitrogens with one attached hydrogen (secondary N) is 1. The molecular formula is C21H21N5. The van der Waals surface area contributed by atoms with E-state index in [1.807, 2.05) is 12.3 Å². The van der Waals surface area contributed by atoms with Gasteiger partial charge in [0.1, 0.15) is 6.33 Å². The summed E-state index contributed by atoms with van der Waals surface area (Å²) < 4.78 is 0. The minimum absolute atomic E-state index is 0.188. The number of nitrogens with zero attached hydrogens (tertiary/aromatic N) is 4. The second-order valence-corrected chi connectivity index (χ2v) is 6.52.